The fourth-order valence-corrected chi connectivity index (χ4v) is 3.32. The number of nitrogens with zero attached hydrogens (tertiary/aromatic N) is 1. The summed E-state index contributed by atoms with van der Waals surface area (Å²) in [6, 6.07) is 19.8. The Bertz CT molecular complexity index is 1270. The lowest BCUT2D eigenvalue weighted by atomic mass is 10.2. The summed E-state index contributed by atoms with van der Waals surface area (Å²) in [4.78, 5) is 17.0. The Hall–Kier alpha value is -3.91. The molecule has 4 aromatic rings. The number of rotatable bonds is 7. The predicted molar refractivity (Wildman–Crippen MR) is 132 cm³/mol. The van der Waals surface area contributed by atoms with Gasteiger partial charge in [0.25, 0.3) is 5.91 Å². The first-order valence-electron chi connectivity index (χ1n) is 10.5. The van der Waals surface area contributed by atoms with Gasteiger partial charge < -0.3 is 19.2 Å². The molecule has 2 N–H and O–H groups in total. The molecule has 0 radical (unpaired) electrons. The van der Waals surface area contributed by atoms with Crippen molar-refractivity contribution >= 4 is 40.0 Å². The second-order valence-electron chi connectivity index (χ2n) is 7.21. The van der Waals surface area contributed by atoms with E-state index in [2.05, 4.69) is 15.6 Å². The lowest BCUT2D eigenvalue weighted by molar-refractivity contribution is 0.0977. The summed E-state index contributed by atoms with van der Waals surface area (Å²) in [6.07, 6.45) is 0.924. The zero-order chi connectivity index (χ0) is 23.2. The van der Waals surface area contributed by atoms with Crippen molar-refractivity contribution in [1.29, 1.82) is 0 Å². The number of benzene rings is 3. The zero-order valence-electron chi connectivity index (χ0n) is 18.3. The Kier molecular flexibility index (Phi) is 6.85. The number of anilines is 1. The van der Waals surface area contributed by atoms with Gasteiger partial charge in [-0.25, -0.2) is 4.98 Å². The van der Waals surface area contributed by atoms with Crippen molar-refractivity contribution < 1.29 is 18.7 Å². The van der Waals surface area contributed by atoms with E-state index >= 15 is 0 Å². The number of thiocarbonyl (C=S) groups is 1. The second-order valence-corrected chi connectivity index (χ2v) is 7.62. The maximum absolute atomic E-state index is 12.4. The van der Waals surface area contributed by atoms with Crippen LogP contribution in [0.2, 0.25) is 0 Å². The Labute approximate surface area is 196 Å². The summed E-state index contributed by atoms with van der Waals surface area (Å²) in [5.41, 5.74) is 3.44. The van der Waals surface area contributed by atoms with Crippen molar-refractivity contribution in [1.82, 2.24) is 10.3 Å². The minimum Gasteiger partial charge on any atom is -0.497 e. The van der Waals surface area contributed by atoms with Gasteiger partial charge in [0, 0.05) is 22.9 Å². The SMILES string of the molecule is CCCOc1ccc(C(=O)NC(=S)Nc2ccc(-c3nc4cc(OC)ccc4o3)cc2)cc1. The highest BCUT2D eigenvalue weighted by Crippen LogP contribution is 2.27. The molecule has 168 valence electrons. The van der Waals surface area contributed by atoms with E-state index in [-0.39, 0.29) is 11.0 Å². The van der Waals surface area contributed by atoms with Gasteiger partial charge in [-0.2, -0.15) is 0 Å². The average molecular weight is 462 g/mol. The van der Waals surface area contributed by atoms with Crippen LogP contribution < -0.4 is 20.1 Å². The van der Waals surface area contributed by atoms with Crippen molar-refractivity contribution in [2.45, 2.75) is 13.3 Å². The fraction of sp³-hybridized carbons (Fsp3) is 0.160. The third-order valence-corrected chi connectivity index (χ3v) is 5.00. The van der Waals surface area contributed by atoms with Gasteiger partial charge in [-0.05, 0) is 79.3 Å². The number of amides is 1. The number of oxazole rings is 1. The van der Waals surface area contributed by atoms with Gasteiger partial charge in [-0.15, -0.1) is 0 Å². The van der Waals surface area contributed by atoms with Crippen molar-refractivity contribution in [2.75, 3.05) is 19.0 Å². The van der Waals surface area contributed by atoms with Gasteiger partial charge in [-0.1, -0.05) is 6.92 Å². The molecule has 1 heterocycles. The predicted octanol–water partition coefficient (Wildman–Crippen LogP) is 5.42. The molecule has 0 spiro atoms. The molecule has 0 bridgehead atoms. The van der Waals surface area contributed by atoms with Crippen LogP contribution in [0.5, 0.6) is 11.5 Å². The van der Waals surface area contributed by atoms with E-state index in [0.29, 0.717) is 23.6 Å². The number of hydrogen-bond acceptors (Lipinski definition) is 6. The van der Waals surface area contributed by atoms with Gasteiger partial charge in [0.1, 0.15) is 17.0 Å². The molecule has 0 unspecified atom stereocenters. The standard InChI is InChI=1S/C25H23N3O4S/c1-3-14-31-19-10-6-16(7-11-19)23(29)28-25(33)26-18-8-4-17(5-9-18)24-27-21-15-20(30-2)12-13-22(21)32-24/h4-13,15H,3,14H2,1-2H3,(H2,26,28,29,33). The summed E-state index contributed by atoms with van der Waals surface area (Å²) < 4.78 is 16.6. The first kappa shape index (κ1) is 22.3. The van der Waals surface area contributed by atoms with E-state index in [0.717, 1.165) is 34.7 Å². The summed E-state index contributed by atoms with van der Waals surface area (Å²) in [6.45, 7) is 2.68. The minimum atomic E-state index is -0.298. The van der Waals surface area contributed by atoms with Crippen molar-refractivity contribution in [3.8, 4) is 23.0 Å². The van der Waals surface area contributed by atoms with E-state index in [9.17, 15) is 4.79 Å². The first-order valence-corrected chi connectivity index (χ1v) is 10.9. The van der Waals surface area contributed by atoms with Gasteiger partial charge in [0.2, 0.25) is 5.89 Å². The van der Waals surface area contributed by atoms with Crippen LogP contribution in [0.3, 0.4) is 0 Å². The smallest absolute Gasteiger partial charge is 0.257 e. The molecule has 0 fully saturated rings. The number of fused-ring (bicyclic) bond motifs is 1. The first-order chi connectivity index (χ1) is 16.1. The number of ether oxygens (including phenoxy) is 2. The number of hydrogen-bond donors (Lipinski definition) is 2. The minimum absolute atomic E-state index is 0.202. The van der Waals surface area contributed by atoms with Crippen LogP contribution in [0.4, 0.5) is 5.69 Å². The molecule has 1 aromatic heterocycles. The molecule has 8 heteroatoms. The third kappa shape index (κ3) is 5.48. The quantitative estimate of drug-likeness (QED) is 0.356. The van der Waals surface area contributed by atoms with Gasteiger partial charge in [-0.3, -0.25) is 10.1 Å². The molecule has 0 saturated carbocycles. The highest BCUT2D eigenvalue weighted by Gasteiger charge is 2.11. The highest BCUT2D eigenvalue weighted by atomic mass is 32.1. The number of carbonyl (C=O) groups excluding carboxylic acids is 1. The Morgan fingerprint density at radius 2 is 1.76 bits per heavy atom. The normalized spacial score (nSPS) is 10.6. The molecule has 0 aliphatic rings. The van der Waals surface area contributed by atoms with E-state index < -0.39 is 0 Å². The largest absolute Gasteiger partial charge is 0.497 e. The molecular weight excluding hydrogens is 438 g/mol. The highest BCUT2D eigenvalue weighted by molar-refractivity contribution is 7.80. The number of nitrogens with one attached hydrogen (secondary N) is 2. The van der Waals surface area contributed by atoms with Crippen LogP contribution in [-0.2, 0) is 0 Å². The van der Waals surface area contributed by atoms with E-state index in [1.54, 1.807) is 31.4 Å². The van der Waals surface area contributed by atoms with E-state index in [1.165, 1.54) is 0 Å². The van der Waals surface area contributed by atoms with Crippen molar-refractivity contribution in [2.24, 2.45) is 0 Å². The summed E-state index contributed by atoms with van der Waals surface area (Å²) in [7, 11) is 1.61. The Morgan fingerprint density at radius 3 is 2.45 bits per heavy atom. The number of methoxy groups -OCH3 is 1. The molecule has 4 rings (SSSR count). The maximum atomic E-state index is 12.4. The molecule has 0 saturated heterocycles. The molecule has 0 aliphatic carbocycles. The van der Waals surface area contributed by atoms with Crippen LogP contribution in [0.1, 0.15) is 23.7 Å². The molecular formula is C25H23N3O4S. The summed E-state index contributed by atoms with van der Waals surface area (Å²) in [5, 5.41) is 5.89. The van der Waals surface area contributed by atoms with Crippen LogP contribution in [0.25, 0.3) is 22.6 Å². The van der Waals surface area contributed by atoms with Gasteiger partial charge >= 0.3 is 0 Å². The molecule has 0 aliphatic heterocycles. The third-order valence-electron chi connectivity index (χ3n) is 4.80. The molecule has 33 heavy (non-hydrogen) atoms. The molecule has 7 nitrogen and oxygen atoms in total. The zero-order valence-corrected chi connectivity index (χ0v) is 19.1. The number of aromatic nitrogens is 1. The van der Waals surface area contributed by atoms with E-state index in [1.807, 2.05) is 49.4 Å². The summed E-state index contributed by atoms with van der Waals surface area (Å²) in [5.74, 6) is 1.66. The average Bonchev–Trinajstić information content (AvgIpc) is 3.26. The topological polar surface area (TPSA) is 85.6 Å². The Balaban J connectivity index is 1.36. The fourth-order valence-electron chi connectivity index (χ4n) is 3.11. The van der Waals surface area contributed by atoms with Crippen molar-refractivity contribution in [3.05, 3.63) is 72.3 Å². The van der Waals surface area contributed by atoms with E-state index in [4.69, 9.17) is 26.1 Å². The molecule has 1 amide bonds. The lowest BCUT2D eigenvalue weighted by Gasteiger charge is -2.10. The maximum Gasteiger partial charge on any atom is 0.257 e. The second kappa shape index (κ2) is 10.1. The van der Waals surface area contributed by atoms with Gasteiger partial charge in [0.15, 0.2) is 10.7 Å². The lowest BCUT2D eigenvalue weighted by Crippen LogP contribution is -2.34. The molecule has 3 aromatic carbocycles. The monoisotopic (exact) mass is 461 g/mol. The van der Waals surface area contributed by atoms with Crippen LogP contribution in [-0.4, -0.2) is 29.7 Å². The van der Waals surface area contributed by atoms with Crippen LogP contribution in [0, 0.1) is 0 Å². The van der Waals surface area contributed by atoms with Gasteiger partial charge in [0.05, 0.1) is 13.7 Å². The van der Waals surface area contributed by atoms with Crippen molar-refractivity contribution in [3.63, 3.8) is 0 Å². The molecule has 0 atom stereocenters. The summed E-state index contributed by atoms with van der Waals surface area (Å²) >= 11 is 5.28. The Morgan fingerprint density at radius 1 is 1.03 bits per heavy atom. The van der Waals surface area contributed by atoms with Crippen LogP contribution >= 0.6 is 12.2 Å². The van der Waals surface area contributed by atoms with Crippen LogP contribution in [0.15, 0.2) is 71.1 Å². The number of carbonyl (C=O) groups is 1.